The third kappa shape index (κ3) is 11.0. The van der Waals surface area contributed by atoms with Gasteiger partial charge in [-0.1, -0.05) is 5.16 Å². The summed E-state index contributed by atoms with van der Waals surface area (Å²) in [6.45, 7) is -1.34. The van der Waals surface area contributed by atoms with Crippen LogP contribution in [0.1, 0.15) is 19.3 Å². The van der Waals surface area contributed by atoms with Gasteiger partial charge in [0.25, 0.3) is 0 Å². The minimum Gasteiger partial charge on any atom is -0.409 e. The summed E-state index contributed by atoms with van der Waals surface area (Å²) in [6, 6.07) is 0. The number of amidine groups is 1. The number of carbonyl (C=O) groups is 1. The number of hydrogen-bond acceptors (Lipinski definition) is 4. The Labute approximate surface area is 102 Å². The fourth-order valence-electron chi connectivity index (χ4n) is 0.988. The molecule has 0 aromatic heterocycles. The summed E-state index contributed by atoms with van der Waals surface area (Å²) >= 11 is 0. The molecule has 0 fully saturated rings. The van der Waals surface area contributed by atoms with Crippen LogP contribution in [0.4, 0.5) is 13.2 Å². The fourth-order valence-corrected chi connectivity index (χ4v) is 0.988. The maximum absolute atomic E-state index is 11.7. The summed E-state index contributed by atoms with van der Waals surface area (Å²) in [6.07, 6.45) is -3.72. The number of alkyl halides is 3. The summed E-state index contributed by atoms with van der Waals surface area (Å²) in [7, 11) is 0. The zero-order chi connectivity index (χ0) is 14.0. The molecule has 0 radical (unpaired) electrons. The number of nitrogens with one attached hydrogen (secondary N) is 1. The molecule has 18 heavy (non-hydrogen) atoms. The molecule has 0 aliphatic heterocycles. The summed E-state index contributed by atoms with van der Waals surface area (Å²) < 4.78 is 39.3. The monoisotopic (exact) mass is 271 g/mol. The molecule has 0 spiro atoms. The molecule has 4 N–H and O–H groups in total. The number of rotatable bonds is 8. The van der Waals surface area contributed by atoms with Gasteiger partial charge in [-0.15, -0.1) is 0 Å². The van der Waals surface area contributed by atoms with Crippen molar-refractivity contribution in [3.05, 3.63) is 0 Å². The van der Waals surface area contributed by atoms with Crippen molar-refractivity contribution in [2.24, 2.45) is 10.9 Å². The van der Waals surface area contributed by atoms with E-state index in [1.54, 1.807) is 0 Å². The summed E-state index contributed by atoms with van der Waals surface area (Å²) in [4.78, 5) is 11.1. The summed E-state index contributed by atoms with van der Waals surface area (Å²) in [5.41, 5.74) is 5.19. The molecular formula is C9H16F3N3O3. The lowest BCUT2D eigenvalue weighted by Gasteiger charge is -2.08. The van der Waals surface area contributed by atoms with E-state index in [2.05, 4.69) is 15.2 Å². The lowest BCUT2D eigenvalue weighted by Crippen LogP contribution is -2.27. The second-order valence-corrected chi connectivity index (χ2v) is 3.46. The smallest absolute Gasteiger partial charge is 0.409 e. The second kappa shape index (κ2) is 8.56. The van der Waals surface area contributed by atoms with E-state index in [1.807, 2.05) is 0 Å². The van der Waals surface area contributed by atoms with Crippen molar-refractivity contribution in [2.75, 3.05) is 19.8 Å². The average molecular weight is 271 g/mol. The highest BCUT2D eigenvalue weighted by Crippen LogP contribution is 2.14. The summed E-state index contributed by atoms with van der Waals surface area (Å²) in [5.74, 6) is -0.352. The van der Waals surface area contributed by atoms with Crippen molar-refractivity contribution in [2.45, 2.75) is 25.4 Å². The Morgan fingerprint density at radius 2 is 2.06 bits per heavy atom. The predicted octanol–water partition coefficient (Wildman–Crippen LogP) is 0.598. The van der Waals surface area contributed by atoms with Gasteiger partial charge in [0.15, 0.2) is 0 Å². The zero-order valence-corrected chi connectivity index (χ0v) is 9.66. The molecule has 0 aliphatic rings. The van der Waals surface area contributed by atoms with E-state index in [-0.39, 0.29) is 18.9 Å². The van der Waals surface area contributed by atoms with Crippen molar-refractivity contribution < 1.29 is 27.9 Å². The van der Waals surface area contributed by atoms with Crippen LogP contribution in [-0.4, -0.2) is 42.9 Å². The number of hydrogen-bond donors (Lipinski definition) is 3. The molecule has 0 unspecified atom stereocenters. The van der Waals surface area contributed by atoms with Crippen LogP contribution in [-0.2, 0) is 9.53 Å². The first kappa shape index (κ1) is 16.5. The molecular weight excluding hydrogens is 255 g/mol. The SMILES string of the molecule is NC(CCCNC(=O)CCOCC(F)(F)F)=NO. The van der Waals surface area contributed by atoms with E-state index in [4.69, 9.17) is 10.9 Å². The van der Waals surface area contributed by atoms with Crippen LogP contribution in [0, 0.1) is 0 Å². The average Bonchev–Trinajstić information content (AvgIpc) is 2.28. The van der Waals surface area contributed by atoms with Crippen molar-refractivity contribution in [3.8, 4) is 0 Å². The third-order valence-electron chi connectivity index (χ3n) is 1.80. The number of oxime groups is 1. The quantitative estimate of drug-likeness (QED) is 0.198. The standard InChI is InChI=1S/C9H16F3N3O3/c10-9(11,12)6-18-5-3-8(16)14-4-1-2-7(13)15-17/h17H,1-6H2,(H2,13,15)(H,14,16). The fraction of sp³-hybridized carbons (Fsp3) is 0.778. The van der Waals surface area contributed by atoms with E-state index in [0.29, 0.717) is 19.4 Å². The van der Waals surface area contributed by atoms with Gasteiger partial charge in [0, 0.05) is 19.4 Å². The number of amides is 1. The van der Waals surface area contributed by atoms with Gasteiger partial charge < -0.3 is 21.0 Å². The van der Waals surface area contributed by atoms with Gasteiger partial charge >= 0.3 is 6.18 Å². The Balaban J connectivity index is 3.44. The van der Waals surface area contributed by atoms with E-state index < -0.39 is 18.7 Å². The molecule has 0 aromatic carbocycles. The minimum atomic E-state index is -4.38. The molecule has 6 nitrogen and oxygen atoms in total. The third-order valence-corrected chi connectivity index (χ3v) is 1.80. The van der Waals surface area contributed by atoms with Crippen LogP contribution in [0.3, 0.4) is 0 Å². The van der Waals surface area contributed by atoms with Crippen LogP contribution < -0.4 is 11.1 Å². The van der Waals surface area contributed by atoms with Crippen LogP contribution in [0.25, 0.3) is 0 Å². The topological polar surface area (TPSA) is 96.9 Å². The highest BCUT2D eigenvalue weighted by atomic mass is 19.4. The molecule has 1 amide bonds. The van der Waals surface area contributed by atoms with Gasteiger partial charge in [0.2, 0.25) is 5.91 Å². The van der Waals surface area contributed by atoms with Gasteiger partial charge in [-0.05, 0) is 6.42 Å². The molecule has 0 saturated carbocycles. The minimum absolute atomic E-state index is 0.0535. The zero-order valence-electron chi connectivity index (χ0n) is 9.66. The molecule has 0 bridgehead atoms. The predicted molar refractivity (Wildman–Crippen MR) is 57.1 cm³/mol. The molecule has 106 valence electrons. The molecule has 0 aliphatic carbocycles. The Morgan fingerprint density at radius 3 is 2.61 bits per heavy atom. The van der Waals surface area contributed by atoms with Crippen LogP contribution in [0.2, 0.25) is 0 Å². The first-order valence-electron chi connectivity index (χ1n) is 5.22. The molecule has 9 heteroatoms. The summed E-state index contributed by atoms with van der Waals surface area (Å²) in [5, 5.41) is 13.4. The van der Waals surface area contributed by atoms with Gasteiger partial charge in [-0.3, -0.25) is 4.79 Å². The van der Waals surface area contributed by atoms with Crippen molar-refractivity contribution >= 4 is 11.7 Å². The largest absolute Gasteiger partial charge is 0.411 e. The lowest BCUT2D eigenvalue weighted by molar-refractivity contribution is -0.174. The van der Waals surface area contributed by atoms with Crippen molar-refractivity contribution in [1.29, 1.82) is 0 Å². The number of ether oxygens (including phenoxy) is 1. The van der Waals surface area contributed by atoms with E-state index in [0.717, 1.165) is 0 Å². The van der Waals surface area contributed by atoms with Gasteiger partial charge in [-0.25, -0.2) is 0 Å². The highest BCUT2D eigenvalue weighted by Gasteiger charge is 2.27. The molecule has 0 heterocycles. The van der Waals surface area contributed by atoms with Crippen molar-refractivity contribution in [1.82, 2.24) is 5.32 Å². The van der Waals surface area contributed by atoms with E-state index >= 15 is 0 Å². The second-order valence-electron chi connectivity index (χ2n) is 3.46. The van der Waals surface area contributed by atoms with E-state index in [1.165, 1.54) is 0 Å². The van der Waals surface area contributed by atoms with Crippen LogP contribution in [0.15, 0.2) is 5.16 Å². The normalized spacial score (nSPS) is 12.5. The lowest BCUT2D eigenvalue weighted by atomic mass is 10.3. The maximum Gasteiger partial charge on any atom is 0.411 e. The Hall–Kier alpha value is -1.51. The molecule has 0 aromatic rings. The van der Waals surface area contributed by atoms with Gasteiger partial charge in [0.1, 0.15) is 12.4 Å². The number of carbonyl (C=O) groups excluding carboxylic acids is 1. The Morgan fingerprint density at radius 1 is 1.39 bits per heavy atom. The van der Waals surface area contributed by atoms with Crippen LogP contribution in [0.5, 0.6) is 0 Å². The molecule has 0 atom stereocenters. The number of nitrogens with zero attached hydrogens (tertiary/aromatic N) is 1. The highest BCUT2D eigenvalue weighted by molar-refractivity contribution is 5.79. The first-order chi connectivity index (χ1) is 8.35. The number of halogens is 3. The Bertz CT molecular complexity index is 282. The van der Waals surface area contributed by atoms with Crippen LogP contribution >= 0.6 is 0 Å². The van der Waals surface area contributed by atoms with Crippen molar-refractivity contribution in [3.63, 3.8) is 0 Å². The molecule has 0 rings (SSSR count). The maximum atomic E-state index is 11.7. The Kier molecular flexibility index (Phi) is 7.84. The van der Waals surface area contributed by atoms with Gasteiger partial charge in [-0.2, -0.15) is 13.2 Å². The number of nitrogens with two attached hydrogens (primary N) is 1. The molecule has 0 saturated heterocycles. The van der Waals surface area contributed by atoms with Gasteiger partial charge in [0.05, 0.1) is 6.61 Å². The first-order valence-corrected chi connectivity index (χ1v) is 5.22. The van der Waals surface area contributed by atoms with E-state index in [9.17, 15) is 18.0 Å².